The number of aryl methyl sites for hydroxylation is 1. The monoisotopic (exact) mass is 354 g/mol. The molecule has 4 aromatic rings. The number of anilines is 1. The topological polar surface area (TPSA) is 34.9 Å². The Morgan fingerprint density at radius 2 is 1.68 bits per heavy atom. The number of likely N-dealkylation sites (N-methyl/N-ethyl adjacent to an activating group) is 1. The number of halogens is 1. The van der Waals surface area contributed by atoms with Gasteiger partial charge in [0.1, 0.15) is 12.6 Å². The van der Waals surface area contributed by atoms with Gasteiger partial charge in [0, 0.05) is 19.2 Å². The van der Waals surface area contributed by atoms with Gasteiger partial charge in [-0.3, -0.25) is 0 Å². The molecule has 2 heterocycles. The Morgan fingerprint density at radius 3 is 2.44 bits per heavy atom. The van der Waals surface area contributed by atoms with E-state index in [1.165, 1.54) is 38.5 Å². The van der Waals surface area contributed by atoms with Crippen LogP contribution in [-0.2, 0) is 7.05 Å². The average molecular weight is 355 g/mol. The number of nitrogens with one attached hydrogen (secondary N) is 2. The number of hydrogen-bond donors (Lipinski definition) is 2. The van der Waals surface area contributed by atoms with Crippen LogP contribution < -0.4 is 22.3 Å². The summed E-state index contributed by atoms with van der Waals surface area (Å²) in [7, 11) is 6.35. The van der Waals surface area contributed by atoms with Crippen molar-refractivity contribution in [2.75, 3.05) is 32.5 Å². The summed E-state index contributed by atoms with van der Waals surface area (Å²) >= 11 is 0. The first-order chi connectivity index (χ1) is 11.7. The van der Waals surface area contributed by atoms with Gasteiger partial charge in [0.05, 0.1) is 22.0 Å². The molecule has 0 spiro atoms. The van der Waals surface area contributed by atoms with Gasteiger partial charge in [0.2, 0.25) is 11.0 Å². The highest BCUT2D eigenvalue weighted by atomic mass is 35.5. The van der Waals surface area contributed by atoms with Gasteiger partial charge < -0.3 is 27.6 Å². The lowest BCUT2D eigenvalue weighted by Crippen LogP contribution is -3.00. The van der Waals surface area contributed by atoms with Gasteiger partial charge in [0.15, 0.2) is 0 Å². The predicted octanol–water partition coefficient (Wildman–Crippen LogP) is 0.276. The number of pyridine rings is 1. The number of rotatable bonds is 4. The zero-order valence-corrected chi connectivity index (χ0v) is 15.6. The zero-order chi connectivity index (χ0) is 16.7. The Kier molecular flexibility index (Phi) is 4.84. The Bertz CT molecular complexity index is 1040. The average Bonchev–Trinajstić information content (AvgIpc) is 2.97. The molecule has 0 unspecified atom stereocenters. The molecule has 0 amide bonds. The first-order valence-electron chi connectivity index (χ1n) is 8.36. The van der Waals surface area contributed by atoms with Crippen molar-refractivity contribution in [3.05, 3.63) is 48.5 Å². The third kappa shape index (κ3) is 2.92. The van der Waals surface area contributed by atoms with Gasteiger partial charge in [-0.25, -0.2) is 0 Å². The number of aromatic amines is 1. The second-order valence-corrected chi connectivity index (χ2v) is 6.58. The van der Waals surface area contributed by atoms with E-state index in [4.69, 9.17) is 0 Å². The minimum atomic E-state index is 0. The predicted molar refractivity (Wildman–Crippen MR) is 102 cm³/mol. The third-order valence-electron chi connectivity index (χ3n) is 4.66. The Hall–Kier alpha value is -2.30. The van der Waals surface area contributed by atoms with E-state index in [0.717, 1.165) is 13.1 Å². The van der Waals surface area contributed by atoms with Crippen molar-refractivity contribution in [2.24, 2.45) is 7.05 Å². The number of benzene rings is 2. The van der Waals surface area contributed by atoms with Crippen molar-refractivity contribution in [3.63, 3.8) is 0 Å². The molecule has 0 aliphatic rings. The van der Waals surface area contributed by atoms with E-state index >= 15 is 0 Å². The fourth-order valence-corrected chi connectivity index (χ4v) is 3.48. The molecule has 0 fully saturated rings. The maximum atomic E-state index is 3.66. The highest BCUT2D eigenvalue weighted by Gasteiger charge is 2.21. The molecule has 25 heavy (non-hydrogen) atoms. The summed E-state index contributed by atoms with van der Waals surface area (Å²) in [6.07, 6.45) is 0. The molecular formula is C20H23ClN4. The van der Waals surface area contributed by atoms with E-state index in [2.05, 4.69) is 89.4 Å². The Labute approximate surface area is 153 Å². The first kappa shape index (κ1) is 17.5. The lowest BCUT2D eigenvalue weighted by Gasteiger charge is -2.13. The molecule has 4 rings (SSSR count). The van der Waals surface area contributed by atoms with Crippen LogP contribution in [0.15, 0.2) is 48.5 Å². The lowest BCUT2D eigenvalue weighted by molar-refractivity contribution is -0.616. The quantitative estimate of drug-likeness (QED) is 0.516. The molecule has 0 atom stereocenters. The molecule has 0 saturated heterocycles. The lowest BCUT2D eigenvalue weighted by atomic mass is 10.1. The van der Waals surface area contributed by atoms with Crippen LogP contribution in [0.5, 0.6) is 0 Å². The minimum absolute atomic E-state index is 0. The van der Waals surface area contributed by atoms with Gasteiger partial charge in [0.25, 0.3) is 0 Å². The minimum Gasteiger partial charge on any atom is -1.00 e. The maximum Gasteiger partial charge on any atom is 0.240 e. The van der Waals surface area contributed by atoms with Crippen LogP contribution in [0.4, 0.5) is 5.69 Å². The molecular weight excluding hydrogens is 332 g/mol. The molecule has 2 aromatic carbocycles. The van der Waals surface area contributed by atoms with Crippen LogP contribution >= 0.6 is 0 Å². The highest BCUT2D eigenvalue weighted by molar-refractivity contribution is 6.13. The molecule has 2 aromatic heterocycles. The summed E-state index contributed by atoms with van der Waals surface area (Å²) < 4.78 is 2.29. The smallest absolute Gasteiger partial charge is 0.240 e. The van der Waals surface area contributed by atoms with Gasteiger partial charge in [-0.15, -0.1) is 0 Å². The normalized spacial score (nSPS) is 11.4. The summed E-state index contributed by atoms with van der Waals surface area (Å²) in [6.45, 7) is 1.91. The largest absolute Gasteiger partial charge is 1.00 e. The maximum absolute atomic E-state index is 3.66. The number of hydrogen-bond acceptors (Lipinski definition) is 2. The van der Waals surface area contributed by atoms with Crippen LogP contribution in [0.25, 0.3) is 32.8 Å². The summed E-state index contributed by atoms with van der Waals surface area (Å²) in [6, 6.07) is 17.1. The standard InChI is InChI=1S/C20H22N4.ClH/c1-23(2)13-12-21-18-15-9-5-7-11-17(15)24(3)20-14-8-4-6-10-16(14)22-19(18)20;/h4-11H,12-13H2,1-3H3,(H,21,22);1H. The molecule has 0 aliphatic carbocycles. The van der Waals surface area contributed by atoms with E-state index in [1.807, 2.05) is 0 Å². The van der Waals surface area contributed by atoms with Gasteiger partial charge in [-0.05, 0) is 32.3 Å². The number of H-pyrrole nitrogens is 1. The van der Waals surface area contributed by atoms with Crippen LogP contribution in [0, 0.1) is 0 Å². The number of fused-ring (bicyclic) bond motifs is 4. The van der Waals surface area contributed by atoms with Crippen molar-refractivity contribution in [1.29, 1.82) is 0 Å². The summed E-state index contributed by atoms with van der Waals surface area (Å²) in [5.74, 6) is 0. The van der Waals surface area contributed by atoms with Gasteiger partial charge >= 0.3 is 0 Å². The molecule has 4 nitrogen and oxygen atoms in total. The van der Waals surface area contributed by atoms with Crippen LogP contribution in [-0.4, -0.2) is 37.1 Å². The molecule has 2 N–H and O–H groups in total. The second kappa shape index (κ2) is 6.90. The Balaban J connectivity index is 0.00000182. The zero-order valence-electron chi connectivity index (χ0n) is 14.8. The molecule has 130 valence electrons. The SMILES string of the molecule is CN(C)CCNc1c2ccccc2[n+](C)c2c1[nH]c1ccccc12.[Cl-]. The van der Waals surface area contributed by atoms with E-state index in [9.17, 15) is 0 Å². The molecule has 0 radical (unpaired) electrons. The number of nitrogens with zero attached hydrogens (tertiary/aromatic N) is 2. The van der Waals surface area contributed by atoms with E-state index in [1.54, 1.807) is 0 Å². The van der Waals surface area contributed by atoms with Crippen LogP contribution in [0.2, 0.25) is 0 Å². The fraction of sp³-hybridized carbons (Fsp3) is 0.250. The molecule has 5 heteroatoms. The van der Waals surface area contributed by atoms with Crippen LogP contribution in [0.1, 0.15) is 0 Å². The van der Waals surface area contributed by atoms with Crippen LogP contribution in [0.3, 0.4) is 0 Å². The van der Waals surface area contributed by atoms with Crippen molar-refractivity contribution in [2.45, 2.75) is 0 Å². The third-order valence-corrected chi connectivity index (χ3v) is 4.66. The van der Waals surface area contributed by atoms with Crippen molar-refractivity contribution in [3.8, 4) is 0 Å². The molecule has 0 saturated carbocycles. The summed E-state index contributed by atoms with van der Waals surface area (Å²) in [4.78, 5) is 5.82. The van der Waals surface area contributed by atoms with E-state index in [0.29, 0.717) is 0 Å². The van der Waals surface area contributed by atoms with Crippen molar-refractivity contribution in [1.82, 2.24) is 9.88 Å². The number of para-hydroxylation sites is 2. The second-order valence-electron chi connectivity index (χ2n) is 6.58. The summed E-state index contributed by atoms with van der Waals surface area (Å²) in [5, 5.41) is 6.17. The number of aromatic nitrogens is 2. The van der Waals surface area contributed by atoms with E-state index < -0.39 is 0 Å². The van der Waals surface area contributed by atoms with E-state index in [-0.39, 0.29) is 12.4 Å². The Morgan fingerprint density at radius 1 is 1.00 bits per heavy atom. The van der Waals surface area contributed by atoms with Gasteiger partial charge in [-0.2, -0.15) is 4.57 Å². The van der Waals surface area contributed by atoms with Gasteiger partial charge in [-0.1, -0.05) is 24.3 Å². The fourth-order valence-electron chi connectivity index (χ4n) is 3.48. The van der Waals surface area contributed by atoms with Crippen molar-refractivity contribution >= 4 is 38.5 Å². The van der Waals surface area contributed by atoms with Crippen molar-refractivity contribution < 1.29 is 17.0 Å². The highest BCUT2D eigenvalue weighted by Crippen LogP contribution is 2.33. The molecule has 0 bridgehead atoms. The molecule has 0 aliphatic heterocycles. The summed E-state index contributed by atoms with van der Waals surface area (Å²) in [5.41, 5.74) is 6.03. The first-order valence-corrected chi connectivity index (χ1v) is 8.36.